The van der Waals surface area contributed by atoms with Crippen molar-refractivity contribution in [1.82, 2.24) is 4.98 Å². The molecule has 2 rings (SSSR count). The molecule has 6 nitrogen and oxygen atoms in total. The highest BCUT2D eigenvalue weighted by molar-refractivity contribution is 7.94. The molecule has 0 atom stereocenters. The van der Waals surface area contributed by atoms with Gasteiger partial charge in [-0.25, -0.2) is 13.4 Å². The van der Waals surface area contributed by atoms with E-state index >= 15 is 0 Å². The summed E-state index contributed by atoms with van der Waals surface area (Å²) in [5, 5.41) is 0.674. The number of nitrogens with one attached hydrogen (secondary N) is 1. The van der Waals surface area contributed by atoms with Crippen LogP contribution in [0.15, 0.2) is 34.7 Å². The number of ether oxygens (including phenoxy) is 1. The van der Waals surface area contributed by atoms with Gasteiger partial charge in [0.1, 0.15) is 17.3 Å². The minimum Gasteiger partial charge on any atom is -0.484 e. The fourth-order valence-corrected chi connectivity index (χ4v) is 3.72. The van der Waals surface area contributed by atoms with Gasteiger partial charge < -0.3 is 10.5 Å². The Labute approximate surface area is 132 Å². The number of para-hydroxylation sites is 2. The molecule has 0 bridgehead atoms. The van der Waals surface area contributed by atoms with Crippen molar-refractivity contribution in [2.24, 2.45) is 5.73 Å². The van der Waals surface area contributed by atoms with Gasteiger partial charge in [0.15, 0.2) is 4.21 Å². The Balaban J connectivity index is 2.25. The molecule has 0 aliphatic carbocycles. The number of sulfonamides is 1. The fourth-order valence-electron chi connectivity index (χ4n) is 1.49. The van der Waals surface area contributed by atoms with Crippen molar-refractivity contribution in [3.63, 3.8) is 0 Å². The van der Waals surface area contributed by atoms with E-state index in [0.29, 0.717) is 16.4 Å². The van der Waals surface area contributed by atoms with Crippen LogP contribution in [0.25, 0.3) is 0 Å². The topological polar surface area (TPSA) is 94.3 Å². The average molecular weight is 343 g/mol. The standard InChI is InChI=1S/C12H13N3O3S3/c1-8-14-6-12(20-8)21(16,17)15-9-4-2-3-5-10(9)18-7-11(13)19/h2-6,15H,7H2,1H3,(H2,13,19). The van der Waals surface area contributed by atoms with E-state index < -0.39 is 10.0 Å². The minimum absolute atomic E-state index is 0.0355. The molecule has 9 heteroatoms. The van der Waals surface area contributed by atoms with Crippen molar-refractivity contribution >= 4 is 44.3 Å². The zero-order chi connectivity index (χ0) is 15.5. The number of nitrogens with two attached hydrogens (primary N) is 1. The van der Waals surface area contributed by atoms with Crippen molar-refractivity contribution in [3.05, 3.63) is 35.5 Å². The first-order valence-corrected chi connectivity index (χ1v) is 8.54. The van der Waals surface area contributed by atoms with Gasteiger partial charge in [0, 0.05) is 0 Å². The monoisotopic (exact) mass is 343 g/mol. The number of hydrogen-bond acceptors (Lipinski definition) is 6. The maximum absolute atomic E-state index is 12.3. The van der Waals surface area contributed by atoms with Gasteiger partial charge in [0.25, 0.3) is 10.0 Å². The normalized spacial score (nSPS) is 11.1. The van der Waals surface area contributed by atoms with E-state index in [1.807, 2.05) is 0 Å². The van der Waals surface area contributed by atoms with Gasteiger partial charge in [-0.2, -0.15) is 0 Å². The number of thiocarbonyl (C=S) groups is 1. The Hall–Kier alpha value is -1.71. The van der Waals surface area contributed by atoms with E-state index in [0.717, 1.165) is 11.3 Å². The quantitative estimate of drug-likeness (QED) is 0.778. The summed E-state index contributed by atoms with van der Waals surface area (Å²) < 4.78 is 32.5. The van der Waals surface area contributed by atoms with E-state index in [-0.39, 0.29) is 15.8 Å². The summed E-state index contributed by atoms with van der Waals surface area (Å²) in [4.78, 5) is 4.13. The van der Waals surface area contributed by atoms with E-state index in [1.54, 1.807) is 31.2 Å². The van der Waals surface area contributed by atoms with Gasteiger partial charge in [0.2, 0.25) is 0 Å². The molecular formula is C12H13N3O3S3. The number of anilines is 1. The molecule has 0 saturated carbocycles. The average Bonchev–Trinajstić information content (AvgIpc) is 2.85. The third-order valence-corrected chi connectivity index (χ3v) is 5.22. The first kappa shape index (κ1) is 15.7. The van der Waals surface area contributed by atoms with Crippen molar-refractivity contribution in [2.45, 2.75) is 11.1 Å². The molecule has 0 aliphatic heterocycles. The zero-order valence-electron chi connectivity index (χ0n) is 11.1. The van der Waals surface area contributed by atoms with E-state index in [1.165, 1.54) is 6.20 Å². The molecule has 0 fully saturated rings. The lowest BCUT2D eigenvalue weighted by Gasteiger charge is -2.12. The Morgan fingerprint density at radius 2 is 2.19 bits per heavy atom. The van der Waals surface area contributed by atoms with E-state index in [2.05, 4.69) is 9.71 Å². The van der Waals surface area contributed by atoms with Crippen molar-refractivity contribution in [1.29, 1.82) is 0 Å². The molecule has 1 aromatic heterocycles. The van der Waals surface area contributed by atoms with Crippen molar-refractivity contribution < 1.29 is 13.2 Å². The molecule has 0 saturated heterocycles. The molecule has 0 radical (unpaired) electrons. The van der Waals surface area contributed by atoms with E-state index in [4.69, 9.17) is 22.7 Å². The molecular weight excluding hydrogens is 330 g/mol. The van der Waals surface area contributed by atoms with Crippen molar-refractivity contribution in [2.75, 3.05) is 11.3 Å². The number of rotatable bonds is 6. The Morgan fingerprint density at radius 3 is 2.81 bits per heavy atom. The number of thiazole rings is 1. The summed E-state index contributed by atoms with van der Waals surface area (Å²) in [6.07, 6.45) is 1.32. The predicted molar refractivity (Wildman–Crippen MR) is 86.4 cm³/mol. The maximum atomic E-state index is 12.3. The number of hydrogen-bond donors (Lipinski definition) is 2. The lowest BCUT2D eigenvalue weighted by molar-refractivity contribution is 0.379. The van der Waals surface area contributed by atoms with Crippen LogP contribution in [0.4, 0.5) is 5.69 Å². The highest BCUT2D eigenvalue weighted by Gasteiger charge is 2.19. The second-order valence-corrected chi connectivity index (χ2v) is 7.72. The summed E-state index contributed by atoms with van der Waals surface area (Å²) in [6, 6.07) is 6.65. The Kier molecular flexibility index (Phi) is 4.76. The largest absolute Gasteiger partial charge is 0.484 e. The summed E-state index contributed by atoms with van der Waals surface area (Å²) in [5.74, 6) is 0.357. The molecule has 1 aromatic carbocycles. The lowest BCUT2D eigenvalue weighted by Crippen LogP contribution is -2.19. The van der Waals surface area contributed by atoms with Gasteiger partial charge in [0.05, 0.1) is 16.9 Å². The lowest BCUT2D eigenvalue weighted by atomic mass is 10.3. The van der Waals surface area contributed by atoms with Crippen LogP contribution in [0.3, 0.4) is 0 Å². The van der Waals surface area contributed by atoms with Crippen molar-refractivity contribution in [3.8, 4) is 5.75 Å². The molecule has 0 unspecified atom stereocenters. The number of benzene rings is 1. The first-order chi connectivity index (χ1) is 9.88. The molecule has 112 valence electrons. The third-order valence-electron chi connectivity index (χ3n) is 2.37. The number of aromatic nitrogens is 1. The second-order valence-electron chi connectivity index (χ2n) is 4.05. The van der Waals surface area contributed by atoms with E-state index in [9.17, 15) is 8.42 Å². The van der Waals surface area contributed by atoms with Crippen LogP contribution < -0.4 is 15.2 Å². The van der Waals surface area contributed by atoms with Gasteiger partial charge in [-0.1, -0.05) is 24.4 Å². The Morgan fingerprint density at radius 1 is 1.48 bits per heavy atom. The highest BCUT2D eigenvalue weighted by Crippen LogP contribution is 2.28. The first-order valence-electron chi connectivity index (χ1n) is 5.84. The molecule has 2 aromatic rings. The summed E-state index contributed by atoms with van der Waals surface area (Å²) in [6.45, 7) is 1.77. The second kappa shape index (κ2) is 6.37. The predicted octanol–water partition coefficient (Wildman–Crippen LogP) is 1.92. The van der Waals surface area contributed by atoms with Crippen LogP contribution in [0, 0.1) is 6.92 Å². The van der Waals surface area contributed by atoms with Gasteiger partial charge >= 0.3 is 0 Å². The summed E-state index contributed by atoms with van der Waals surface area (Å²) in [7, 11) is -3.69. The zero-order valence-corrected chi connectivity index (χ0v) is 13.5. The molecule has 0 aliphatic rings. The highest BCUT2D eigenvalue weighted by atomic mass is 32.2. The third kappa shape index (κ3) is 4.13. The molecule has 1 heterocycles. The van der Waals surface area contributed by atoms with Crippen LogP contribution in [0.2, 0.25) is 0 Å². The van der Waals surface area contributed by atoms with Gasteiger partial charge in [-0.3, -0.25) is 4.72 Å². The van der Waals surface area contributed by atoms with Crippen LogP contribution in [-0.4, -0.2) is 25.0 Å². The summed E-state index contributed by atoms with van der Waals surface area (Å²) in [5.41, 5.74) is 5.69. The summed E-state index contributed by atoms with van der Waals surface area (Å²) >= 11 is 5.83. The molecule has 0 amide bonds. The maximum Gasteiger partial charge on any atom is 0.273 e. The molecule has 0 spiro atoms. The number of aryl methyl sites for hydroxylation is 1. The van der Waals surface area contributed by atoms with Gasteiger partial charge in [-0.15, -0.1) is 11.3 Å². The smallest absolute Gasteiger partial charge is 0.273 e. The number of nitrogens with zero attached hydrogens (tertiary/aromatic N) is 1. The van der Waals surface area contributed by atoms with Crippen LogP contribution >= 0.6 is 23.6 Å². The van der Waals surface area contributed by atoms with Crippen LogP contribution in [0.1, 0.15) is 5.01 Å². The molecule has 21 heavy (non-hydrogen) atoms. The van der Waals surface area contributed by atoms with Crippen LogP contribution in [-0.2, 0) is 10.0 Å². The fraction of sp³-hybridized carbons (Fsp3) is 0.167. The Bertz CT molecular complexity index is 756. The minimum atomic E-state index is -3.69. The van der Waals surface area contributed by atoms with Crippen LogP contribution in [0.5, 0.6) is 5.75 Å². The van der Waals surface area contributed by atoms with Gasteiger partial charge in [-0.05, 0) is 19.1 Å². The SMILES string of the molecule is Cc1ncc(S(=O)(=O)Nc2ccccc2OCC(N)=S)s1. The molecule has 3 N–H and O–H groups in total.